The maximum atomic E-state index is 5.47. The molecule has 100 valence electrons. The van der Waals surface area contributed by atoms with Gasteiger partial charge in [0.15, 0.2) is 0 Å². The van der Waals surface area contributed by atoms with Crippen molar-refractivity contribution >= 4 is 5.95 Å². The Balaban J connectivity index is 2.19. The van der Waals surface area contributed by atoms with Crippen molar-refractivity contribution in [3.05, 3.63) is 24.8 Å². The zero-order chi connectivity index (χ0) is 13.7. The smallest absolute Gasteiger partial charge is 0.323 e. The summed E-state index contributed by atoms with van der Waals surface area (Å²) in [6.45, 7) is 6.22. The van der Waals surface area contributed by atoms with E-state index in [9.17, 15) is 0 Å². The Hall–Kier alpha value is -2.51. The van der Waals surface area contributed by atoms with E-state index >= 15 is 0 Å². The van der Waals surface area contributed by atoms with Crippen LogP contribution in [0.3, 0.4) is 0 Å². The van der Waals surface area contributed by atoms with E-state index in [1.165, 1.54) is 17.3 Å². The summed E-state index contributed by atoms with van der Waals surface area (Å²) in [7, 11) is 1.72. The SMILES string of the molecule is C=C(C)CCOc1nc(NC)nc(-n2cncn2)n1. The van der Waals surface area contributed by atoms with Gasteiger partial charge in [0.2, 0.25) is 5.95 Å². The molecular formula is C11H15N7O. The minimum Gasteiger partial charge on any atom is -0.463 e. The first-order valence-corrected chi connectivity index (χ1v) is 5.75. The number of hydrogen-bond acceptors (Lipinski definition) is 7. The molecule has 8 heteroatoms. The molecule has 0 bridgehead atoms. The third kappa shape index (κ3) is 3.47. The van der Waals surface area contributed by atoms with Crippen molar-refractivity contribution in [3.8, 4) is 12.0 Å². The summed E-state index contributed by atoms with van der Waals surface area (Å²) < 4.78 is 6.91. The van der Waals surface area contributed by atoms with Crippen molar-refractivity contribution in [1.82, 2.24) is 29.7 Å². The summed E-state index contributed by atoms with van der Waals surface area (Å²) in [5, 5.41) is 6.81. The summed E-state index contributed by atoms with van der Waals surface area (Å²) in [6, 6.07) is 0.242. The average molecular weight is 261 g/mol. The van der Waals surface area contributed by atoms with Crippen molar-refractivity contribution in [1.29, 1.82) is 0 Å². The Morgan fingerprint density at radius 1 is 1.42 bits per heavy atom. The van der Waals surface area contributed by atoms with Gasteiger partial charge in [-0.2, -0.15) is 24.7 Å². The largest absolute Gasteiger partial charge is 0.463 e. The molecule has 8 nitrogen and oxygen atoms in total. The van der Waals surface area contributed by atoms with Gasteiger partial charge in [-0.3, -0.25) is 0 Å². The van der Waals surface area contributed by atoms with Gasteiger partial charge in [0.05, 0.1) is 6.61 Å². The lowest BCUT2D eigenvalue weighted by Gasteiger charge is -2.07. The highest BCUT2D eigenvalue weighted by Gasteiger charge is 2.08. The van der Waals surface area contributed by atoms with Crippen molar-refractivity contribution in [2.24, 2.45) is 0 Å². The Labute approximate surface area is 110 Å². The molecule has 0 aliphatic rings. The fraction of sp³-hybridized carbons (Fsp3) is 0.364. The molecule has 0 radical (unpaired) electrons. The van der Waals surface area contributed by atoms with Gasteiger partial charge in [-0.25, -0.2) is 4.98 Å². The van der Waals surface area contributed by atoms with Crippen molar-refractivity contribution in [3.63, 3.8) is 0 Å². The first-order chi connectivity index (χ1) is 9.19. The first-order valence-electron chi connectivity index (χ1n) is 5.75. The van der Waals surface area contributed by atoms with Crippen molar-refractivity contribution in [2.75, 3.05) is 19.0 Å². The second kappa shape index (κ2) is 5.89. The molecule has 2 heterocycles. The summed E-state index contributed by atoms with van der Waals surface area (Å²) in [5.41, 5.74) is 1.04. The van der Waals surface area contributed by atoms with Crippen molar-refractivity contribution in [2.45, 2.75) is 13.3 Å². The van der Waals surface area contributed by atoms with Crippen LogP contribution in [0.5, 0.6) is 6.01 Å². The lowest BCUT2D eigenvalue weighted by molar-refractivity contribution is 0.295. The number of ether oxygens (including phenoxy) is 1. The van der Waals surface area contributed by atoms with Gasteiger partial charge in [0.1, 0.15) is 12.7 Å². The van der Waals surface area contributed by atoms with E-state index < -0.39 is 0 Å². The van der Waals surface area contributed by atoms with Crippen LogP contribution in [0.2, 0.25) is 0 Å². The number of nitrogens with zero attached hydrogens (tertiary/aromatic N) is 6. The molecule has 2 aromatic rings. The topological polar surface area (TPSA) is 90.6 Å². The molecule has 0 aliphatic carbocycles. The zero-order valence-corrected chi connectivity index (χ0v) is 10.9. The van der Waals surface area contributed by atoms with Gasteiger partial charge in [0, 0.05) is 13.5 Å². The molecule has 0 spiro atoms. The first kappa shape index (κ1) is 12.9. The number of hydrogen-bond donors (Lipinski definition) is 1. The van der Waals surface area contributed by atoms with Crippen molar-refractivity contribution < 1.29 is 4.74 Å². The molecule has 0 aromatic carbocycles. The van der Waals surface area contributed by atoms with Crippen LogP contribution in [0.1, 0.15) is 13.3 Å². The molecule has 2 rings (SSSR count). The quantitative estimate of drug-likeness (QED) is 0.770. The number of anilines is 1. The van der Waals surface area contributed by atoms with Gasteiger partial charge >= 0.3 is 6.01 Å². The zero-order valence-electron chi connectivity index (χ0n) is 10.9. The molecule has 0 saturated carbocycles. The van der Waals surface area contributed by atoms with E-state index in [0.717, 1.165) is 12.0 Å². The fourth-order valence-corrected chi connectivity index (χ4v) is 1.25. The minimum absolute atomic E-state index is 0.242. The molecule has 2 aromatic heterocycles. The molecular weight excluding hydrogens is 246 g/mol. The summed E-state index contributed by atoms with van der Waals surface area (Å²) in [4.78, 5) is 16.3. The third-order valence-corrected chi connectivity index (χ3v) is 2.21. The van der Waals surface area contributed by atoms with Crippen LogP contribution in [0.4, 0.5) is 5.95 Å². The number of nitrogens with one attached hydrogen (secondary N) is 1. The van der Waals surface area contributed by atoms with E-state index in [1.54, 1.807) is 7.05 Å². The normalized spacial score (nSPS) is 10.2. The molecule has 19 heavy (non-hydrogen) atoms. The summed E-state index contributed by atoms with van der Waals surface area (Å²) in [5.74, 6) is 0.757. The van der Waals surface area contributed by atoms with E-state index in [1.807, 2.05) is 6.92 Å². The third-order valence-electron chi connectivity index (χ3n) is 2.21. The Bertz CT molecular complexity index is 552. The Kier molecular flexibility index (Phi) is 4.01. The van der Waals surface area contributed by atoms with Gasteiger partial charge < -0.3 is 10.1 Å². The van der Waals surface area contributed by atoms with Gasteiger partial charge in [-0.05, 0) is 6.92 Å². The molecule has 1 N–H and O–H groups in total. The standard InChI is InChI=1S/C11H15N7O/c1-8(2)4-5-19-11-16-9(12-3)15-10(17-11)18-7-13-6-14-18/h6-7H,1,4-5H2,2-3H3,(H,12,15,16,17). The highest BCUT2D eigenvalue weighted by Crippen LogP contribution is 2.10. The van der Waals surface area contributed by atoms with Gasteiger partial charge in [-0.15, -0.1) is 6.58 Å². The van der Waals surface area contributed by atoms with Crippen LogP contribution in [0, 0.1) is 0 Å². The average Bonchev–Trinajstić information content (AvgIpc) is 2.92. The van der Waals surface area contributed by atoms with Gasteiger partial charge in [0.25, 0.3) is 5.95 Å². The van der Waals surface area contributed by atoms with E-state index in [4.69, 9.17) is 4.74 Å². The maximum Gasteiger partial charge on any atom is 0.323 e. The minimum atomic E-state index is 0.242. The Morgan fingerprint density at radius 3 is 2.89 bits per heavy atom. The van der Waals surface area contributed by atoms with E-state index in [-0.39, 0.29) is 6.01 Å². The number of rotatable bonds is 6. The maximum absolute atomic E-state index is 5.47. The van der Waals surface area contributed by atoms with Crippen LogP contribution >= 0.6 is 0 Å². The van der Waals surface area contributed by atoms with Crippen LogP contribution in [0.25, 0.3) is 5.95 Å². The second-order valence-corrected chi connectivity index (χ2v) is 3.89. The van der Waals surface area contributed by atoms with Crippen LogP contribution < -0.4 is 10.1 Å². The highest BCUT2D eigenvalue weighted by atomic mass is 16.5. The number of aromatic nitrogens is 6. The predicted octanol–water partition coefficient (Wildman–Crippen LogP) is 0.839. The van der Waals surface area contributed by atoms with E-state index in [0.29, 0.717) is 18.5 Å². The second-order valence-electron chi connectivity index (χ2n) is 3.89. The van der Waals surface area contributed by atoms with E-state index in [2.05, 4.69) is 36.9 Å². The summed E-state index contributed by atoms with van der Waals surface area (Å²) in [6.07, 6.45) is 3.66. The molecule has 0 unspecified atom stereocenters. The summed E-state index contributed by atoms with van der Waals surface area (Å²) >= 11 is 0. The molecule has 0 saturated heterocycles. The Morgan fingerprint density at radius 2 is 2.26 bits per heavy atom. The molecule has 0 aliphatic heterocycles. The molecule has 0 fully saturated rings. The molecule has 0 atom stereocenters. The van der Waals surface area contributed by atoms with Crippen LogP contribution in [-0.4, -0.2) is 43.4 Å². The monoisotopic (exact) mass is 261 g/mol. The van der Waals surface area contributed by atoms with Gasteiger partial charge in [-0.1, -0.05) is 5.57 Å². The highest BCUT2D eigenvalue weighted by molar-refractivity contribution is 5.28. The lowest BCUT2D eigenvalue weighted by atomic mass is 10.3. The fourth-order valence-electron chi connectivity index (χ4n) is 1.25. The predicted molar refractivity (Wildman–Crippen MR) is 69.2 cm³/mol. The van der Waals surface area contributed by atoms with Crippen LogP contribution in [0.15, 0.2) is 24.8 Å². The molecule has 0 amide bonds. The van der Waals surface area contributed by atoms with Crippen LogP contribution in [-0.2, 0) is 0 Å². The lowest BCUT2D eigenvalue weighted by Crippen LogP contribution is -2.10.